The molecule has 166 valence electrons. The first-order valence-electron chi connectivity index (χ1n) is 10.5. The molecule has 4 nitrogen and oxygen atoms in total. The molecule has 0 atom stereocenters. The Morgan fingerprint density at radius 1 is 1.17 bits per heavy atom. The van der Waals surface area contributed by atoms with Crippen LogP contribution in [0.1, 0.15) is 25.8 Å². The number of aliphatic hydroxyl groups excluding tert-OH is 1. The number of nitrogens with zero attached hydrogens (tertiary/aromatic N) is 1. The van der Waals surface area contributed by atoms with Crippen LogP contribution in [-0.2, 0) is 16.1 Å². The molecule has 0 aliphatic heterocycles. The van der Waals surface area contributed by atoms with Crippen molar-refractivity contribution in [1.82, 2.24) is 4.90 Å². The monoisotopic (exact) mass is 429 g/mol. The van der Waals surface area contributed by atoms with Gasteiger partial charge < -0.3 is 19.5 Å². The van der Waals surface area contributed by atoms with Gasteiger partial charge in [-0.25, -0.2) is 0 Å². The van der Waals surface area contributed by atoms with Gasteiger partial charge in [0, 0.05) is 39.1 Å². The highest BCUT2D eigenvalue weighted by atomic mass is 28.3. The summed E-state index contributed by atoms with van der Waals surface area (Å²) in [7, 11) is 0.827. The van der Waals surface area contributed by atoms with E-state index in [1.165, 1.54) is 0 Å². The third-order valence-electron chi connectivity index (χ3n) is 4.71. The van der Waals surface area contributed by atoms with Gasteiger partial charge in [0.2, 0.25) is 0 Å². The lowest BCUT2D eigenvalue weighted by Crippen LogP contribution is -2.24. The standard InChI is InChI=1S/C25H39NO3Si/c1-9-20(2)25(22(4)27)21(3)24(29-18-23-13-11-10-12-14-23)17-26(5)19-28-15-16-30(6,7)8/h10-14,17,27H,3-4,9,15-16,18-19H2,1-2,5-8H3/b24-17+,25-20-. The van der Waals surface area contributed by atoms with Gasteiger partial charge in [0.1, 0.15) is 24.9 Å². The van der Waals surface area contributed by atoms with Crippen LogP contribution in [0.2, 0.25) is 25.7 Å². The Morgan fingerprint density at radius 2 is 1.80 bits per heavy atom. The number of hydrogen-bond donors (Lipinski definition) is 1. The minimum absolute atomic E-state index is 0.00241. The maximum absolute atomic E-state index is 10.2. The smallest absolute Gasteiger partial charge is 0.143 e. The lowest BCUT2D eigenvalue weighted by atomic mass is 9.97. The normalized spacial score (nSPS) is 12.9. The van der Waals surface area contributed by atoms with Crippen molar-refractivity contribution in [2.24, 2.45) is 0 Å². The predicted molar refractivity (Wildman–Crippen MR) is 130 cm³/mol. The molecule has 0 saturated heterocycles. The van der Waals surface area contributed by atoms with E-state index >= 15 is 0 Å². The van der Waals surface area contributed by atoms with E-state index in [0.717, 1.165) is 30.2 Å². The van der Waals surface area contributed by atoms with Crippen LogP contribution >= 0.6 is 0 Å². The van der Waals surface area contributed by atoms with Gasteiger partial charge in [-0.15, -0.1) is 0 Å². The molecule has 1 aromatic carbocycles. The summed E-state index contributed by atoms with van der Waals surface area (Å²) in [5, 5.41) is 10.2. The minimum atomic E-state index is -1.11. The fraction of sp³-hybridized carbons (Fsp3) is 0.440. The Bertz CT molecular complexity index is 760. The van der Waals surface area contributed by atoms with E-state index in [-0.39, 0.29) is 5.76 Å². The third kappa shape index (κ3) is 9.50. The summed E-state index contributed by atoms with van der Waals surface area (Å²) in [4.78, 5) is 1.94. The van der Waals surface area contributed by atoms with Crippen molar-refractivity contribution in [1.29, 1.82) is 0 Å². The van der Waals surface area contributed by atoms with Crippen molar-refractivity contribution in [3.05, 3.63) is 83.5 Å². The lowest BCUT2D eigenvalue weighted by Gasteiger charge is -2.22. The second-order valence-electron chi connectivity index (χ2n) is 8.81. The van der Waals surface area contributed by atoms with Crippen LogP contribution in [0.4, 0.5) is 0 Å². The number of rotatable bonds is 13. The summed E-state index contributed by atoms with van der Waals surface area (Å²) >= 11 is 0. The Morgan fingerprint density at radius 3 is 2.33 bits per heavy atom. The summed E-state index contributed by atoms with van der Waals surface area (Å²) in [6.45, 7) is 20.6. The van der Waals surface area contributed by atoms with Crippen molar-refractivity contribution < 1.29 is 14.6 Å². The SMILES string of the molecule is C=C(O)/C(C(=C)/C(=C\N(C)COCC[Si](C)(C)C)OCc1ccccc1)=C(/C)CC. The number of hydrogen-bond acceptors (Lipinski definition) is 4. The zero-order chi connectivity index (χ0) is 22.7. The van der Waals surface area contributed by atoms with E-state index < -0.39 is 8.07 Å². The molecule has 0 amide bonds. The summed E-state index contributed by atoms with van der Waals surface area (Å²) in [5.41, 5.74) is 3.33. The minimum Gasteiger partial charge on any atom is -0.508 e. The third-order valence-corrected chi connectivity index (χ3v) is 6.42. The molecule has 1 aromatic rings. The summed E-state index contributed by atoms with van der Waals surface area (Å²) in [6.07, 6.45) is 2.67. The Balaban J connectivity index is 2.99. The molecule has 0 bridgehead atoms. The van der Waals surface area contributed by atoms with E-state index in [2.05, 4.69) is 32.8 Å². The Labute approximate surface area is 184 Å². The molecule has 0 saturated carbocycles. The van der Waals surface area contributed by atoms with Crippen LogP contribution < -0.4 is 0 Å². The Kier molecular flexibility index (Phi) is 10.7. The quantitative estimate of drug-likeness (QED) is 0.125. The first kappa shape index (κ1) is 25.8. The van der Waals surface area contributed by atoms with Crippen molar-refractivity contribution in [3.63, 3.8) is 0 Å². The summed E-state index contributed by atoms with van der Waals surface area (Å²) in [6, 6.07) is 11.1. The number of ether oxygens (including phenoxy) is 2. The average molecular weight is 430 g/mol. The van der Waals surface area contributed by atoms with Gasteiger partial charge in [-0.2, -0.15) is 0 Å². The van der Waals surface area contributed by atoms with Crippen molar-refractivity contribution in [2.75, 3.05) is 20.4 Å². The van der Waals surface area contributed by atoms with Crippen LogP contribution in [0.5, 0.6) is 0 Å². The maximum atomic E-state index is 10.2. The maximum Gasteiger partial charge on any atom is 0.143 e. The van der Waals surface area contributed by atoms with Crippen LogP contribution in [0.15, 0.2) is 77.9 Å². The van der Waals surface area contributed by atoms with Gasteiger partial charge in [-0.1, -0.05) is 75.6 Å². The summed E-state index contributed by atoms with van der Waals surface area (Å²) < 4.78 is 12.0. The van der Waals surface area contributed by atoms with Gasteiger partial charge in [0.05, 0.1) is 0 Å². The van der Waals surface area contributed by atoms with E-state index in [0.29, 0.717) is 30.2 Å². The number of benzene rings is 1. The molecule has 0 aliphatic carbocycles. The largest absolute Gasteiger partial charge is 0.508 e. The fourth-order valence-electron chi connectivity index (χ4n) is 2.74. The fourth-order valence-corrected chi connectivity index (χ4v) is 3.50. The molecule has 0 heterocycles. The molecule has 0 unspecified atom stereocenters. The second kappa shape index (κ2) is 12.5. The van der Waals surface area contributed by atoms with E-state index in [9.17, 15) is 5.11 Å². The van der Waals surface area contributed by atoms with Crippen molar-refractivity contribution >= 4 is 8.07 Å². The molecule has 0 radical (unpaired) electrons. The first-order chi connectivity index (χ1) is 14.0. The molecule has 30 heavy (non-hydrogen) atoms. The summed E-state index contributed by atoms with van der Waals surface area (Å²) in [5.74, 6) is 0.593. The molecular formula is C25H39NO3Si. The highest BCUT2D eigenvalue weighted by Crippen LogP contribution is 2.28. The lowest BCUT2D eigenvalue weighted by molar-refractivity contribution is 0.0713. The topological polar surface area (TPSA) is 41.9 Å². The molecular weight excluding hydrogens is 390 g/mol. The predicted octanol–water partition coefficient (Wildman–Crippen LogP) is 6.64. The molecule has 0 aliphatic rings. The van der Waals surface area contributed by atoms with Gasteiger partial charge in [0.15, 0.2) is 0 Å². The highest BCUT2D eigenvalue weighted by Gasteiger charge is 2.17. The molecule has 0 aromatic heterocycles. The van der Waals surface area contributed by atoms with Crippen molar-refractivity contribution in [3.8, 4) is 0 Å². The van der Waals surface area contributed by atoms with Crippen LogP contribution in [0, 0.1) is 0 Å². The van der Waals surface area contributed by atoms with Gasteiger partial charge in [0.25, 0.3) is 0 Å². The molecule has 1 N–H and O–H groups in total. The second-order valence-corrected chi connectivity index (χ2v) is 14.4. The van der Waals surface area contributed by atoms with Crippen LogP contribution in [0.3, 0.4) is 0 Å². The van der Waals surface area contributed by atoms with Gasteiger partial charge >= 0.3 is 0 Å². The van der Waals surface area contributed by atoms with E-state index in [1.807, 2.05) is 62.3 Å². The van der Waals surface area contributed by atoms with E-state index in [1.54, 1.807) is 0 Å². The molecule has 1 rings (SSSR count). The van der Waals surface area contributed by atoms with Crippen LogP contribution in [-0.4, -0.2) is 38.5 Å². The van der Waals surface area contributed by atoms with E-state index in [4.69, 9.17) is 9.47 Å². The zero-order valence-electron chi connectivity index (χ0n) is 19.6. The average Bonchev–Trinajstić information content (AvgIpc) is 2.68. The number of allylic oxidation sites excluding steroid dienone is 3. The Hall–Kier alpha value is -2.24. The zero-order valence-corrected chi connectivity index (χ0v) is 20.6. The van der Waals surface area contributed by atoms with Gasteiger partial charge in [-0.05, 0) is 25.0 Å². The molecule has 0 spiro atoms. The highest BCUT2D eigenvalue weighted by molar-refractivity contribution is 6.76. The molecule has 5 heteroatoms. The van der Waals surface area contributed by atoms with Crippen molar-refractivity contribution in [2.45, 2.75) is 52.6 Å². The first-order valence-corrected chi connectivity index (χ1v) is 14.2. The van der Waals surface area contributed by atoms with Crippen LogP contribution in [0.25, 0.3) is 0 Å². The number of aliphatic hydroxyl groups is 1. The van der Waals surface area contributed by atoms with Gasteiger partial charge in [-0.3, -0.25) is 0 Å². The molecule has 0 fully saturated rings.